The van der Waals surface area contributed by atoms with Gasteiger partial charge in [-0.2, -0.15) is 0 Å². The highest BCUT2D eigenvalue weighted by atomic mass is 35.5. The molecule has 1 fully saturated rings. The van der Waals surface area contributed by atoms with E-state index in [1.807, 2.05) is 38.2 Å². The zero-order chi connectivity index (χ0) is 22.2. The van der Waals surface area contributed by atoms with E-state index in [4.69, 9.17) is 32.9 Å². The molecular formula is C23H31Cl2N5O. The molecule has 4 rings (SSSR count). The predicted molar refractivity (Wildman–Crippen MR) is 127 cm³/mol. The number of aromatic nitrogens is 2. The minimum atomic E-state index is 0.379. The van der Waals surface area contributed by atoms with Gasteiger partial charge >= 0.3 is 0 Å². The standard InChI is InChI=1S/C21H25Cl2N5O.C2H6/c1-14(24-11-15-2-3-18(22)19(23)10-15)28-7-4-16-12-25-21(27-20(16)13-28)26-17-5-8-29-9-6-17;1-2/h2-3,10,12,17,24H,1,4-9,11,13H2,(H,25,26,27);1-2H3. The van der Waals surface area contributed by atoms with Crippen LogP contribution in [0.2, 0.25) is 10.0 Å². The first-order valence-corrected chi connectivity index (χ1v) is 11.6. The number of halogens is 2. The number of ether oxygens (including phenoxy) is 1. The van der Waals surface area contributed by atoms with Crippen LogP contribution >= 0.6 is 23.2 Å². The Morgan fingerprint density at radius 3 is 2.74 bits per heavy atom. The molecule has 2 aliphatic heterocycles. The van der Waals surface area contributed by atoms with E-state index < -0.39 is 0 Å². The molecule has 3 heterocycles. The second kappa shape index (κ2) is 11.6. The monoisotopic (exact) mass is 463 g/mol. The lowest BCUT2D eigenvalue weighted by atomic mass is 10.1. The van der Waals surface area contributed by atoms with Crippen LogP contribution in [0.15, 0.2) is 36.8 Å². The van der Waals surface area contributed by atoms with Crippen LogP contribution in [0.3, 0.4) is 0 Å². The zero-order valence-corrected chi connectivity index (χ0v) is 19.8. The normalized spacial score (nSPS) is 16.1. The average molecular weight is 464 g/mol. The van der Waals surface area contributed by atoms with Crippen molar-refractivity contribution >= 4 is 29.2 Å². The van der Waals surface area contributed by atoms with Gasteiger partial charge in [-0.25, -0.2) is 9.97 Å². The first-order chi connectivity index (χ1) is 15.1. The molecule has 0 saturated carbocycles. The first kappa shape index (κ1) is 23.6. The van der Waals surface area contributed by atoms with Crippen LogP contribution in [0.5, 0.6) is 0 Å². The van der Waals surface area contributed by atoms with Crippen LogP contribution in [0.4, 0.5) is 5.95 Å². The molecule has 0 spiro atoms. The lowest BCUT2D eigenvalue weighted by Crippen LogP contribution is -2.36. The Bertz CT molecular complexity index is 886. The molecule has 6 nitrogen and oxygen atoms in total. The van der Waals surface area contributed by atoms with Gasteiger partial charge in [0, 0.05) is 38.5 Å². The summed E-state index contributed by atoms with van der Waals surface area (Å²) in [7, 11) is 0. The molecule has 0 aliphatic carbocycles. The SMILES string of the molecule is C=C(NCc1ccc(Cl)c(Cl)c1)N1CCc2cnc(NC3CCOCC3)nc2C1.CC. The second-order valence-electron chi connectivity index (χ2n) is 7.42. The average Bonchev–Trinajstić information content (AvgIpc) is 2.81. The maximum atomic E-state index is 6.10. The van der Waals surface area contributed by atoms with Crippen LogP contribution in [0.25, 0.3) is 0 Å². The van der Waals surface area contributed by atoms with Gasteiger partial charge in [0.2, 0.25) is 5.95 Å². The Morgan fingerprint density at radius 1 is 1.23 bits per heavy atom. The number of hydrogen-bond acceptors (Lipinski definition) is 6. The summed E-state index contributed by atoms with van der Waals surface area (Å²) in [6, 6.07) is 6.02. The van der Waals surface area contributed by atoms with Crippen molar-refractivity contribution in [3.63, 3.8) is 0 Å². The Balaban J connectivity index is 0.00000132. The lowest BCUT2D eigenvalue weighted by molar-refractivity contribution is 0.0903. The van der Waals surface area contributed by atoms with Gasteiger partial charge in [0.25, 0.3) is 0 Å². The minimum absolute atomic E-state index is 0.379. The molecule has 2 aliphatic rings. The van der Waals surface area contributed by atoms with E-state index in [1.54, 1.807) is 0 Å². The third-order valence-electron chi connectivity index (χ3n) is 5.36. The second-order valence-corrected chi connectivity index (χ2v) is 8.23. The molecule has 31 heavy (non-hydrogen) atoms. The fourth-order valence-electron chi connectivity index (χ4n) is 3.59. The number of anilines is 1. The maximum absolute atomic E-state index is 6.10. The molecule has 0 bridgehead atoms. The highest BCUT2D eigenvalue weighted by Crippen LogP contribution is 2.23. The predicted octanol–water partition coefficient (Wildman–Crippen LogP) is 5.02. The fraction of sp³-hybridized carbons (Fsp3) is 0.478. The van der Waals surface area contributed by atoms with Gasteiger partial charge in [-0.15, -0.1) is 0 Å². The van der Waals surface area contributed by atoms with Gasteiger partial charge in [0.15, 0.2) is 0 Å². The van der Waals surface area contributed by atoms with E-state index in [1.165, 1.54) is 5.56 Å². The van der Waals surface area contributed by atoms with E-state index in [0.717, 1.165) is 56.1 Å². The Morgan fingerprint density at radius 2 is 2.00 bits per heavy atom. The van der Waals surface area contributed by atoms with Crippen molar-refractivity contribution in [1.82, 2.24) is 20.2 Å². The molecule has 1 aromatic heterocycles. The number of rotatable bonds is 6. The molecule has 0 atom stereocenters. The molecule has 2 N–H and O–H groups in total. The van der Waals surface area contributed by atoms with Crippen molar-refractivity contribution in [1.29, 1.82) is 0 Å². The topological polar surface area (TPSA) is 62.3 Å². The van der Waals surface area contributed by atoms with Gasteiger partial charge < -0.3 is 20.3 Å². The van der Waals surface area contributed by atoms with Crippen LogP contribution in [0.1, 0.15) is 43.5 Å². The lowest BCUT2D eigenvalue weighted by Gasteiger charge is -2.32. The van der Waals surface area contributed by atoms with E-state index in [9.17, 15) is 0 Å². The number of fused-ring (bicyclic) bond motifs is 1. The number of hydrogen-bond donors (Lipinski definition) is 2. The number of nitrogens with one attached hydrogen (secondary N) is 2. The molecule has 8 heteroatoms. The van der Waals surface area contributed by atoms with Gasteiger partial charge in [-0.1, -0.05) is 49.7 Å². The van der Waals surface area contributed by atoms with E-state index >= 15 is 0 Å². The summed E-state index contributed by atoms with van der Waals surface area (Å²) in [6.45, 7) is 12.0. The minimum Gasteiger partial charge on any atom is -0.381 e. The number of nitrogens with zero attached hydrogens (tertiary/aromatic N) is 3. The van der Waals surface area contributed by atoms with Crippen LogP contribution in [0, 0.1) is 0 Å². The first-order valence-electron chi connectivity index (χ1n) is 10.9. The number of benzene rings is 1. The largest absolute Gasteiger partial charge is 0.381 e. The van der Waals surface area contributed by atoms with Crippen molar-refractivity contribution in [3.05, 3.63) is 63.7 Å². The Labute approximate surface area is 195 Å². The molecule has 168 valence electrons. The fourth-order valence-corrected chi connectivity index (χ4v) is 3.91. The van der Waals surface area contributed by atoms with Crippen LogP contribution < -0.4 is 10.6 Å². The van der Waals surface area contributed by atoms with Crippen LogP contribution in [-0.2, 0) is 24.2 Å². The molecular weight excluding hydrogens is 433 g/mol. The Hall–Kier alpha value is -2.02. The summed E-state index contributed by atoms with van der Waals surface area (Å²) in [5.41, 5.74) is 3.32. The molecule has 0 unspecified atom stereocenters. The summed E-state index contributed by atoms with van der Waals surface area (Å²) >= 11 is 12.1. The summed E-state index contributed by atoms with van der Waals surface area (Å²) in [6.07, 6.45) is 4.83. The zero-order valence-electron chi connectivity index (χ0n) is 18.3. The molecule has 1 saturated heterocycles. The highest BCUT2D eigenvalue weighted by Gasteiger charge is 2.21. The summed E-state index contributed by atoms with van der Waals surface area (Å²) in [5.74, 6) is 1.58. The third-order valence-corrected chi connectivity index (χ3v) is 6.10. The van der Waals surface area contributed by atoms with E-state index in [-0.39, 0.29) is 0 Å². The van der Waals surface area contributed by atoms with Crippen LogP contribution in [-0.4, -0.2) is 40.7 Å². The quantitative estimate of drug-likeness (QED) is 0.626. The molecule has 0 radical (unpaired) electrons. The van der Waals surface area contributed by atoms with Crippen molar-refractivity contribution in [2.24, 2.45) is 0 Å². The Kier molecular flexibility index (Phi) is 8.81. The third kappa shape index (κ3) is 6.48. The van der Waals surface area contributed by atoms with Gasteiger partial charge in [0.1, 0.15) is 0 Å². The van der Waals surface area contributed by atoms with Gasteiger partial charge in [0.05, 0.1) is 28.1 Å². The maximum Gasteiger partial charge on any atom is 0.223 e. The van der Waals surface area contributed by atoms with Gasteiger partial charge in [-0.3, -0.25) is 0 Å². The van der Waals surface area contributed by atoms with Gasteiger partial charge in [-0.05, 0) is 42.5 Å². The smallest absolute Gasteiger partial charge is 0.223 e. The highest BCUT2D eigenvalue weighted by molar-refractivity contribution is 6.42. The van der Waals surface area contributed by atoms with Crippen molar-refractivity contribution in [3.8, 4) is 0 Å². The molecule has 2 aromatic rings. The summed E-state index contributed by atoms with van der Waals surface area (Å²) in [5, 5.41) is 7.95. The summed E-state index contributed by atoms with van der Waals surface area (Å²) < 4.78 is 5.42. The molecule has 1 aromatic carbocycles. The molecule has 0 amide bonds. The summed E-state index contributed by atoms with van der Waals surface area (Å²) in [4.78, 5) is 11.5. The van der Waals surface area contributed by atoms with E-state index in [2.05, 4.69) is 27.1 Å². The van der Waals surface area contributed by atoms with Crippen molar-refractivity contribution < 1.29 is 4.74 Å². The van der Waals surface area contributed by atoms with Crippen molar-refractivity contribution in [2.75, 3.05) is 25.1 Å². The van der Waals surface area contributed by atoms with Crippen molar-refractivity contribution in [2.45, 2.75) is 52.2 Å². The van der Waals surface area contributed by atoms with E-state index in [0.29, 0.717) is 35.1 Å².